The number of rotatable bonds is 5. The van der Waals surface area contributed by atoms with Gasteiger partial charge in [0.25, 0.3) is 0 Å². The van der Waals surface area contributed by atoms with Crippen LogP contribution >= 0.6 is 23.8 Å². The zero-order valence-corrected chi connectivity index (χ0v) is 11.1. The number of benzene rings is 1. The Labute approximate surface area is 107 Å². The fourth-order valence-corrected chi connectivity index (χ4v) is 1.54. The minimum atomic E-state index is 0.343. The maximum Gasteiger partial charge on any atom is 0.137 e. The van der Waals surface area contributed by atoms with E-state index in [1.54, 1.807) is 12.1 Å². The summed E-state index contributed by atoms with van der Waals surface area (Å²) in [5, 5.41) is 0.550. The van der Waals surface area contributed by atoms with Crippen molar-refractivity contribution in [1.29, 1.82) is 0 Å². The molecule has 0 atom stereocenters. The molecule has 0 unspecified atom stereocenters. The Bertz CT molecular complexity index is 379. The molecule has 0 amide bonds. The molecular weight excluding hydrogens is 242 g/mol. The van der Waals surface area contributed by atoms with Crippen molar-refractivity contribution in [3.05, 3.63) is 28.8 Å². The van der Waals surface area contributed by atoms with Crippen molar-refractivity contribution in [2.45, 2.75) is 20.3 Å². The van der Waals surface area contributed by atoms with Gasteiger partial charge in [0.05, 0.1) is 11.6 Å². The Morgan fingerprint density at radius 1 is 1.50 bits per heavy atom. The lowest BCUT2D eigenvalue weighted by molar-refractivity contribution is 0.289. The molecule has 0 aromatic heterocycles. The van der Waals surface area contributed by atoms with Crippen LogP contribution in [0, 0.1) is 5.92 Å². The van der Waals surface area contributed by atoms with Crippen molar-refractivity contribution >= 4 is 28.8 Å². The highest BCUT2D eigenvalue weighted by molar-refractivity contribution is 7.80. The molecule has 0 heterocycles. The van der Waals surface area contributed by atoms with Crippen LogP contribution in [0.25, 0.3) is 0 Å². The van der Waals surface area contributed by atoms with Crippen LogP contribution in [0.3, 0.4) is 0 Å². The number of nitrogens with two attached hydrogens (primary N) is 1. The van der Waals surface area contributed by atoms with Gasteiger partial charge in [-0.25, -0.2) is 0 Å². The van der Waals surface area contributed by atoms with Gasteiger partial charge in [0.1, 0.15) is 10.7 Å². The SMILES string of the molecule is CC(C)CCOc1ccc(C(N)=S)cc1Cl. The van der Waals surface area contributed by atoms with E-state index in [-0.39, 0.29) is 0 Å². The van der Waals surface area contributed by atoms with Crippen LogP contribution < -0.4 is 10.5 Å². The topological polar surface area (TPSA) is 35.2 Å². The molecule has 0 saturated carbocycles. The average molecular weight is 258 g/mol. The maximum atomic E-state index is 6.05. The molecule has 0 radical (unpaired) electrons. The second-order valence-corrected chi connectivity index (χ2v) is 4.89. The first-order valence-electron chi connectivity index (χ1n) is 5.23. The number of hydrogen-bond acceptors (Lipinski definition) is 2. The first kappa shape index (κ1) is 13.3. The largest absolute Gasteiger partial charge is 0.492 e. The van der Waals surface area contributed by atoms with Gasteiger partial charge in [-0.05, 0) is 30.5 Å². The third-order valence-electron chi connectivity index (χ3n) is 2.17. The summed E-state index contributed by atoms with van der Waals surface area (Å²) in [6, 6.07) is 5.35. The predicted molar refractivity (Wildman–Crippen MR) is 72.3 cm³/mol. The highest BCUT2D eigenvalue weighted by Crippen LogP contribution is 2.25. The summed E-state index contributed by atoms with van der Waals surface area (Å²) in [5.41, 5.74) is 6.26. The lowest BCUT2D eigenvalue weighted by Gasteiger charge is -2.10. The molecule has 0 fully saturated rings. The third-order valence-corrected chi connectivity index (χ3v) is 2.70. The summed E-state index contributed by atoms with van der Waals surface area (Å²) >= 11 is 10.9. The Morgan fingerprint density at radius 3 is 2.69 bits per heavy atom. The summed E-state index contributed by atoms with van der Waals surface area (Å²) in [6.45, 7) is 4.98. The van der Waals surface area contributed by atoms with E-state index in [1.165, 1.54) is 0 Å². The average Bonchev–Trinajstić information content (AvgIpc) is 2.19. The van der Waals surface area contributed by atoms with E-state index in [4.69, 9.17) is 34.3 Å². The number of thiocarbonyl (C=S) groups is 1. The van der Waals surface area contributed by atoms with E-state index < -0.39 is 0 Å². The van der Waals surface area contributed by atoms with E-state index in [0.29, 0.717) is 28.3 Å². The molecule has 0 spiro atoms. The molecule has 2 N–H and O–H groups in total. The van der Waals surface area contributed by atoms with E-state index >= 15 is 0 Å². The first-order chi connectivity index (χ1) is 7.50. The van der Waals surface area contributed by atoms with Crippen LogP contribution in [0.4, 0.5) is 0 Å². The van der Waals surface area contributed by atoms with E-state index in [2.05, 4.69) is 13.8 Å². The number of hydrogen-bond donors (Lipinski definition) is 1. The molecule has 0 aliphatic heterocycles. The lowest BCUT2D eigenvalue weighted by atomic mass is 10.1. The van der Waals surface area contributed by atoms with Gasteiger partial charge < -0.3 is 10.5 Å². The minimum absolute atomic E-state index is 0.343. The second-order valence-electron chi connectivity index (χ2n) is 4.04. The van der Waals surface area contributed by atoms with Crippen LogP contribution in [0.15, 0.2) is 18.2 Å². The summed E-state index contributed by atoms with van der Waals surface area (Å²) in [7, 11) is 0. The van der Waals surface area contributed by atoms with Gasteiger partial charge >= 0.3 is 0 Å². The number of ether oxygens (including phenoxy) is 1. The van der Waals surface area contributed by atoms with Gasteiger partial charge in [-0.3, -0.25) is 0 Å². The molecule has 0 aliphatic rings. The van der Waals surface area contributed by atoms with Crippen LogP contribution in [-0.4, -0.2) is 11.6 Å². The molecule has 1 aromatic rings. The molecule has 88 valence electrons. The lowest BCUT2D eigenvalue weighted by Crippen LogP contribution is -2.09. The zero-order valence-electron chi connectivity index (χ0n) is 9.50. The highest BCUT2D eigenvalue weighted by Gasteiger charge is 2.05. The Balaban J connectivity index is 2.64. The quantitative estimate of drug-likeness (QED) is 0.822. The summed E-state index contributed by atoms with van der Waals surface area (Å²) in [4.78, 5) is 0.343. The standard InChI is InChI=1S/C12H16ClNOS/c1-8(2)5-6-15-11-4-3-9(12(14)16)7-10(11)13/h3-4,7-8H,5-6H2,1-2H3,(H2,14,16). The molecule has 4 heteroatoms. The van der Waals surface area contributed by atoms with Gasteiger partial charge in [-0.15, -0.1) is 0 Å². The van der Waals surface area contributed by atoms with Gasteiger partial charge in [-0.2, -0.15) is 0 Å². The van der Waals surface area contributed by atoms with E-state index in [1.807, 2.05) is 6.07 Å². The Kier molecular flexibility index (Phi) is 5.03. The summed E-state index contributed by atoms with van der Waals surface area (Å²) in [5.74, 6) is 1.30. The van der Waals surface area contributed by atoms with E-state index in [9.17, 15) is 0 Å². The third kappa shape index (κ3) is 3.99. The van der Waals surface area contributed by atoms with Crippen molar-refractivity contribution in [2.75, 3.05) is 6.61 Å². The fourth-order valence-electron chi connectivity index (χ4n) is 1.18. The maximum absolute atomic E-state index is 6.05. The van der Waals surface area contributed by atoms with Crippen LogP contribution in [-0.2, 0) is 0 Å². The van der Waals surface area contributed by atoms with Crippen molar-refractivity contribution in [1.82, 2.24) is 0 Å². The Hall–Kier alpha value is -0.800. The molecule has 2 nitrogen and oxygen atoms in total. The van der Waals surface area contributed by atoms with Crippen LogP contribution in [0.1, 0.15) is 25.8 Å². The molecule has 1 aromatic carbocycles. The smallest absolute Gasteiger partial charge is 0.137 e. The highest BCUT2D eigenvalue weighted by atomic mass is 35.5. The Morgan fingerprint density at radius 2 is 2.19 bits per heavy atom. The molecule has 0 bridgehead atoms. The summed E-state index contributed by atoms with van der Waals surface area (Å²) < 4.78 is 5.57. The first-order valence-corrected chi connectivity index (χ1v) is 6.01. The minimum Gasteiger partial charge on any atom is -0.492 e. The van der Waals surface area contributed by atoms with Crippen LogP contribution in [0.5, 0.6) is 5.75 Å². The van der Waals surface area contributed by atoms with E-state index in [0.717, 1.165) is 12.0 Å². The predicted octanol–water partition coefficient (Wildman–Crippen LogP) is 3.40. The monoisotopic (exact) mass is 257 g/mol. The molecule has 0 saturated heterocycles. The normalized spacial score (nSPS) is 10.5. The van der Waals surface area contributed by atoms with Gasteiger partial charge in [0, 0.05) is 5.56 Å². The van der Waals surface area contributed by atoms with Gasteiger partial charge in [0.2, 0.25) is 0 Å². The van der Waals surface area contributed by atoms with Crippen molar-refractivity contribution in [2.24, 2.45) is 11.7 Å². The second kappa shape index (κ2) is 6.06. The molecule has 0 aliphatic carbocycles. The molecule has 1 rings (SSSR count). The van der Waals surface area contributed by atoms with Crippen molar-refractivity contribution in [3.63, 3.8) is 0 Å². The zero-order chi connectivity index (χ0) is 12.1. The number of halogens is 1. The summed E-state index contributed by atoms with van der Waals surface area (Å²) in [6.07, 6.45) is 1.01. The van der Waals surface area contributed by atoms with Gasteiger partial charge in [0.15, 0.2) is 0 Å². The fraction of sp³-hybridized carbons (Fsp3) is 0.417. The van der Waals surface area contributed by atoms with Gasteiger partial charge in [-0.1, -0.05) is 37.7 Å². The molecular formula is C12H16ClNOS. The van der Waals surface area contributed by atoms with Crippen molar-refractivity contribution in [3.8, 4) is 5.75 Å². The van der Waals surface area contributed by atoms with Crippen LogP contribution in [0.2, 0.25) is 5.02 Å². The van der Waals surface area contributed by atoms with Crippen molar-refractivity contribution < 1.29 is 4.74 Å². The molecule has 16 heavy (non-hydrogen) atoms.